The third-order valence-corrected chi connectivity index (χ3v) is 9.37. The van der Waals surface area contributed by atoms with E-state index in [0.29, 0.717) is 30.9 Å². The molecule has 0 saturated carbocycles. The standard InChI is InChI=1S/C26H27N3O4S2/c1-17(30)27-21-5-9-23(10-6-21)35(32,33)28-14-18-13-20(16-28)25-12-11-24(26(31)29(25)15-18)19-3-7-22(34-2)8-4-19/h3-12,18,20H,13-16H2,1-2H3,(H,27,30)/t18-,20+/m0/s1. The van der Waals surface area contributed by atoms with E-state index in [2.05, 4.69) is 5.32 Å². The first-order valence-corrected chi connectivity index (χ1v) is 14.2. The molecule has 1 aromatic heterocycles. The number of carbonyl (C=O) groups excluding carboxylic acids is 1. The Kier molecular flexibility index (Phi) is 6.33. The van der Waals surface area contributed by atoms with Crippen LogP contribution in [0.1, 0.15) is 25.0 Å². The summed E-state index contributed by atoms with van der Waals surface area (Å²) in [6.45, 7) is 2.64. The van der Waals surface area contributed by atoms with Crippen LogP contribution in [0.5, 0.6) is 0 Å². The Morgan fingerprint density at radius 3 is 2.34 bits per heavy atom. The van der Waals surface area contributed by atoms with Gasteiger partial charge in [0, 0.05) is 54.3 Å². The fourth-order valence-corrected chi connectivity index (χ4v) is 7.12. The van der Waals surface area contributed by atoms with Crippen LogP contribution >= 0.6 is 11.8 Å². The Hall–Kier alpha value is -2.88. The van der Waals surface area contributed by atoms with Crippen LogP contribution in [0.3, 0.4) is 0 Å². The highest BCUT2D eigenvalue weighted by Gasteiger charge is 2.39. The second-order valence-electron chi connectivity index (χ2n) is 9.14. The molecule has 3 aromatic rings. The zero-order chi connectivity index (χ0) is 24.7. The predicted octanol–water partition coefficient (Wildman–Crippen LogP) is 4.00. The first-order valence-electron chi connectivity index (χ1n) is 11.5. The molecule has 2 aromatic carbocycles. The highest BCUT2D eigenvalue weighted by molar-refractivity contribution is 7.98. The minimum atomic E-state index is -3.69. The second kappa shape index (κ2) is 9.29. The minimum absolute atomic E-state index is 0.0148. The Labute approximate surface area is 209 Å². The highest BCUT2D eigenvalue weighted by Crippen LogP contribution is 2.38. The minimum Gasteiger partial charge on any atom is -0.326 e. The first kappa shape index (κ1) is 23.8. The Morgan fingerprint density at radius 2 is 1.69 bits per heavy atom. The van der Waals surface area contributed by atoms with Gasteiger partial charge in [0.25, 0.3) is 5.56 Å². The number of carbonyl (C=O) groups is 1. The van der Waals surface area contributed by atoms with Gasteiger partial charge in [0.2, 0.25) is 15.9 Å². The van der Waals surface area contributed by atoms with Crippen LogP contribution in [0, 0.1) is 5.92 Å². The van der Waals surface area contributed by atoms with Crippen LogP contribution in [-0.4, -0.2) is 42.5 Å². The summed E-state index contributed by atoms with van der Waals surface area (Å²) in [7, 11) is -3.69. The maximum absolute atomic E-state index is 13.4. The Bertz CT molecular complexity index is 1430. The molecular formula is C26H27N3O4S2. The monoisotopic (exact) mass is 509 g/mol. The van der Waals surface area contributed by atoms with Gasteiger partial charge in [0.15, 0.2) is 0 Å². The van der Waals surface area contributed by atoms with E-state index in [9.17, 15) is 18.0 Å². The first-order chi connectivity index (χ1) is 16.8. The van der Waals surface area contributed by atoms with Crippen LogP contribution in [0.15, 0.2) is 75.2 Å². The van der Waals surface area contributed by atoms with Crippen molar-refractivity contribution in [1.82, 2.24) is 8.87 Å². The number of anilines is 1. The molecule has 2 atom stereocenters. The van der Waals surface area contributed by atoms with Gasteiger partial charge in [-0.15, -0.1) is 11.8 Å². The molecule has 0 spiro atoms. The lowest BCUT2D eigenvalue weighted by molar-refractivity contribution is -0.114. The molecule has 0 unspecified atom stereocenters. The summed E-state index contributed by atoms with van der Waals surface area (Å²) in [5.74, 6) is -0.170. The van der Waals surface area contributed by atoms with Gasteiger partial charge < -0.3 is 9.88 Å². The van der Waals surface area contributed by atoms with Gasteiger partial charge >= 0.3 is 0 Å². The van der Waals surface area contributed by atoms with E-state index < -0.39 is 10.0 Å². The van der Waals surface area contributed by atoms with Gasteiger partial charge in [-0.05, 0) is 72.7 Å². The Balaban J connectivity index is 1.41. The molecule has 0 radical (unpaired) electrons. The lowest BCUT2D eigenvalue weighted by Gasteiger charge is -2.42. The molecule has 182 valence electrons. The number of nitrogens with zero attached hydrogens (tertiary/aromatic N) is 2. The fourth-order valence-electron chi connectivity index (χ4n) is 5.15. The maximum atomic E-state index is 13.4. The van der Waals surface area contributed by atoms with Crippen molar-refractivity contribution in [2.75, 3.05) is 24.7 Å². The van der Waals surface area contributed by atoms with Gasteiger partial charge in [0.1, 0.15) is 0 Å². The highest BCUT2D eigenvalue weighted by atomic mass is 32.2. The van der Waals surface area contributed by atoms with Crippen molar-refractivity contribution in [3.05, 3.63) is 76.7 Å². The summed E-state index contributed by atoms with van der Waals surface area (Å²) in [6, 6.07) is 18.1. The van der Waals surface area contributed by atoms with Gasteiger partial charge in [-0.1, -0.05) is 12.1 Å². The largest absolute Gasteiger partial charge is 0.326 e. The molecule has 0 aliphatic carbocycles. The van der Waals surface area contributed by atoms with Crippen LogP contribution in [0.25, 0.3) is 11.1 Å². The number of sulfonamides is 1. The topological polar surface area (TPSA) is 88.5 Å². The molecule has 2 aliphatic heterocycles. The number of benzene rings is 2. The molecule has 7 nitrogen and oxygen atoms in total. The molecule has 2 bridgehead atoms. The van der Waals surface area contributed by atoms with E-state index in [1.54, 1.807) is 28.2 Å². The summed E-state index contributed by atoms with van der Waals surface area (Å²) >= 11 is 1.66. The quantitative estimate of drug-likeness (QED) is 0.525. The molecular weight excluding hydrogens is 482 g/mol. The van der Waals surface area contributed by atoms with Crippen molar-refractivity contribution in [3.63, 3.8) is 0 Å². The van der Waals surface area contributed by atoms with Crippen LogP contribution < -0.4 is 10.9 Å². The molecule has 1 fully saturated rings. The van der Waals surface area contributed by atoms with Crippen molar-refractivity contribution >= 4 is 33.4 Å². The number of hydrogen-bond acceptors (Lipinski definition) is 5. The zero-order valence-corrected chi connectivity index (χ0v) is 21.2. The summed E-state index contributed by atoms with van der Waals surface area (Å²) in [5.41, 5.74) is 3.01. The van der Waals surface area contributed by atoms with Crippen molar-refractivity contribution < 1.29 is 13.2 Å². The number of hydrogen-bond donors (Lipinski definition) is 1. The van der Waals surface area contributed by atoms with Crippen molar-refractivity contribution in [3.8, 4) is 11.1 Å². The van der Waals surface area contributed by atoms with E-state index in [-0.39, 0.29) is 28.2 Å². The SMILES string of the molecule is CSc1ccc(-c2ccc3n(c2=O)C[C@H]2C[C@@H]3CN(S(=O)(=O)c3ccc(NC(C)=O)cc3)C2)cc1. The summed E-state index contributed by atoms with van der Waals surface area (Å²) < 4.78 is 30.2. The number of thioether (sulfide) groups is 1. The van der Waals surface area contributed by atoms with E-state index in [0.717, 1.165) is 22.6 Å². The van der Waals surface area contributed by atoms with Crippen LogP contribution in [0.4, 0.5) is 5.69 Å². The van der Waals surface area contributed by atoms with Crippen molar-refractivity contribution in [2.45, 2.75) is 35.6 Å². The number of nitrogens with one attached hydrogen (secondary N) is 1. The number of fused-ring (bicyclic) bond motifs is 4. The van der Waals surface area contributed by atoms with Gasteiger partial charge in [-0.3, -0.25) is 9.59 Å². The molecule has 9 heteroatoms. The molecule has 1 saturated heterocycles. The van der Waals surface area contributed by atoms with Gasteiger partial charge in [0.05, 0.1) is 4.90 Å². The molecule has 1 N–H and O–H groups in total. The van der Waals surface area contributed by atoms with E-state index >= 15 is 0 Å². The lowest BCUT2D eigenvalue weighted by atomic mass is 9.84. The van der Waals surface area contributed by atoms with Crippen molar-refractivity contribution in [1.29, 1.82) is 0 Å². The second-order valence-corrected chi connectivity index (χ2v) is 12.0. The summed E-state index contributed by atoms with van der Waals surface area (Å²) in [5, 5.41) is 2.65. The van der Waals surface area contributed by atoms with Crippen LogP contribution in [0.2, 0.25) is 0 Å². The normalized spacial score (nSPS) is 19.7. The Morgan fingerprint density at radius 1 is 0.971 bits per heavy atom. The van der Waals surface area contributed by atoms with E-state index in [4.69, 9.17) is 0 Å². The third kappa shape index (κ3) is 4.55. The smallest absolute Gasteiger partial charge is 0.258 e. The zero-order valence-electron chi connectivity index (χ0n) is 19.6. The number of piperidine rings is 1. The van der Waals surface area contributed by atoms with E-state index in [1.165, 1.54) is 19.1 Å². The third-order valence-electron chi connectivity index (χ3n) is 6.78. The maximum Gasteiger partial charge on any atom is 0.258 e. The average molecular weight is 510 g/mol. The summed E-state index contributed by atoms with van der Waals surface area (Å²) in [4.78, 5) is 26.0. The van der Waals surface area contributed by atoms with Crippen molar-refractivity contribution in [2.24, 2.45) is 5.92 Å². The molecule has 5 rings (SSSR count). The number of aromatic nitrogens is 1. The van der Waals surface area contributed by atoms with Crippen LogP contribution in [-0.2, 0) is 21.4 Å². The molecule has 3 heterocycles. The molecule has 1 amide bonds. The fraction of sp³-hybridized carbons (Fsp3) is 0.308. The predicted molar refractivity (Wildman–Crippen MR) is 138 cm³/mol. The molecule has 2 aliphatic rings. The summed E-state index contributed by atoms with van der Waals surface area (Å²) in [6.07, 6.45) is 2.89. The van der Waals surface area contributed by atoms with Gasteiger partial charge in [-0.25, -0.2) is 8.42 Å². The number of amides is 1. The number of rotatable bonds is 5. The molecule has 35 heavy (non-hydrogen) atoms. The van der Waals surface area contributed by atoms with E-state index in [1.807, 2.05) is 47.2 Å². The average Bonchev–Trinajstić information content (AvgIpc) is 2.85. The number of pyridine rings is 1. The lowest BCUT2D eigenvalue weighted by Crippen LogP contribution is -2.49. The van der Waals surface area contributed by atoms with Gasteiger partial charge in [-0.2, -0.15) is 4.31 Å².